The largest absolute Gasteiger partial charge is 0.396 e. The predicted octanol–water partition coefficient (Wildman–Crippen LogP) is 4.25. The van der Waals surface area contributed by atoms with Crippen molar-refractivity contribution in [2.24, 2.45) is 22.7 Å². The minimum atomic E-state index is -0.395. The molecule has 0 amide bonds. The molecular weight excluding hydrogens is 272 g/mol. The summed E-state index contributed by atoms with van der Waals surface area (Å²) in [6.07, 6.45) is 8.58. The smallest absolute Gasteiger partial charge is 0.0618 e. The molecule has 0 saturated heterocycles. The van der Waals surface area contributed by atoms with Gasteiger partial charge in [0, 0.05) is 5.41 Å². The Morgan fingerprint density at radius 3 is 2.64 bits per heavy atom. The zero-order valence-electron chi connectivity index (χ0n) is 14.4. The van der Waals surface area contributed by atoms with Crippen LogP contribution in [0.25, 0.3) is 0 Å². The highest BCUT2D eigenvalue weighted by Crippen LogP contribution is 2.61. The van der Waals surface area contributed by atoms with Crippen molar-refractivity contribution >= 4 is 0 Å². The lowest BCUT2D eigenvalue weighted by molar-refractivity contribution is -0.151. The molecule has 2 nitrogen and oxygen atoms in total. The Balaban J connectivity index is 2.35. The maximum absolute atomic E-state index is 10.5. The average Bonchev–Trinajstić information content (AvgIpc) is 2.50. The molecule has 0 radical (unpaired) electrons. The quantitative estimate of drug-likeness (QED) is 0.602. The molecule has 0 aromatic carbocycles. The lowest BCUT2D eigenvalue weighted by Gasteiger charge is -2.59. The van der Waals surface area contributed by atoms with Gasteiger partial charge < -0.3 is 10.2 Å². The first kappa shape index (κ1) is 17.5. The van der Waals surface area contributed by atoms with Crippen LogP contribution in [0, 0.1) is 22.7 Å². The highest BCUT2D eigenvalue weighted by Gasteiger charge is 2.57. The lowest BCUT2D eigenvalue weighted by atomic mass is 9.46. The molecule has 0 heterocycles. The van der Waals surface area contributed by atoms with Gasteiger partial charge in [-0.15, -0.1) is 0 Å². The molecule has 0 aromatic rings. The molecule has 2 fully saturated rings. The Morgan fingerprint density at radius 1 is 1.36 bits per heavy atom. The van der Waals surface area contributed by atoms with Gasteiger partial charge in [0.2, 0.25) is 0 Å². The summed E-state index contributed by atoms with van der Waals surface area (Å²) in [5.41, 5.74) is 2.27. The summed E-state index contributed by atoms with van der Waals surface area (Å²) in [6.45, 7) is 14.7. The Morgan fingerprint density at radius 2 is 2.05 bits per heavy atom. The van der Waals surface area contributed by atoms with Gasteiger partial charge in [-0.05, 0) is 56.3 Å². The van der Waals surface area contributed by atoms with Gasteiger partial charge in [0.15, 0.2) is 0 Å². The topological polar surface area (TPSA) is 40.5 Å². The van der Waals surface area contributed by atoms with Gasteiger partial charge in [0.05, 0.1) is 12.7 Å². The van der Waals surface area contributed by atoms with Crippen molar-refractivity contribution in [3.63, 3.8) is 0 Å². The Labute approximate surface area is 135 Å². The molecule has 0 aromatic heterocycles. The number of hydrogen-bond donors (Lipinski definition) is 2. The molecule has 124 valence electrons. The fourth-order valence-electron chi connectivity index (χ4n) is 5.02. The van der Waals surface area contributed by atoms with E-state index in [1.165, 1.54) is 11.1 Å². The molecule has 2 aliphatic carbocycles. The molecule has 2 saturated carbocycles. The summed E-state index contributed by atoms with van der Waals surface area (Å²) in [4.78, 5) is 0. The highest BCUT2D eigenvalue weighted by atomic mass is 16.3. The maximum Gasteiger partial charge on any atom is 0.0618 e. The molecule has 0 spiro atoms. The minimum absolute atomic E-state index is 0.0646. The molecule has 2 rings (SSSR count). The molecule has 5 atom stereocenters. The first-order valence-corrected chi connectivity index (χ1v) is 8.55. The fraction of sp³-hybridized carbons (Fsp3) is 0.700. The molecule has 0 bridgehead atoms. The van der Waals surface area contributed by atoms with Crippen LogP contribution in [0.2, 0.25) is 0 Å². The third-order valence-electron chi connectivity index (χ3n) is 6.69. The molecule has 22 heavy (non-hydrogen) atoms. The first-order valence-electron chi connectivity index (χ1n) is 8.55. The number of rotatable bonds is 4. The van der Waals surface area contributed by atoms with Gasteiger partial charge in [-0.25, -0.2) is 0 Å². The van der Waals surface area contributed by atoms with Gasteiger partial charge in [-0.3, -0.25) is 0 Å². The van der Waals surface area contributed by atoms with Crippen molar-refractivity contribution in [2.45, 2.75) is 59.0 Å². The Bertz CT molecular complexity index is 478. The van der Waals surface area contributed by atoms with E-state index >= 15 is 0 Å². The van der Waals surface area contributed by atoms with E-state index in [2.05, 4.69) is 40.0 Å². The fourth-order valence-corrected chi connectivity index (χ4v) is 5.02. The average molecular weight is 304 g/mol. The molecule has 2 aliphatic rings. The van der Waals surface area contributed by atoms with E-state index in [9.17, 15) is 10.2 Å². The summed E-state index contributed by atoms with van der Waals surface area (Å²) in [7, 11) is 0. The van der Waals surface area contributed by atoms with Crippen LogP contribution in [-0.4, -0.2) is 22.9 Å². The highest BCUT2D eigenvalue weighted by molar-refractivity contribution is 5.21. The van der Waals surface area contributed by atoms with Gasteiger partial charge >= 0.3 is 0 Å². The van der Waals surface area contributed by atoms with Crippen LogP contribution in [0.15, 0.2) is 36.5 Å². The van der Waals surface area contributed by atoms with E-state index in [4.69, 9.17) is 0 Å². The van der Waals surface area contributed by atoms with E-state index in [1.54, 1.807) is 0 Å². The Kier molecular flexibility index (Phi) is 5.03. The van der Waals surface area contributed by atoms with E-state index in [0.717, 1.165) is 32.1 Å². The van der Waals surface area contributed by atoms with Crippen molar-refractivity contribution in [3.8, 4) is 0 Å². The second kappa shape index (κ2) is 6.33. The van der Waals surface area contributed by atoms with Crippen LogP contribution >= 0.6 is 0 Å². The zero-order chi connectivity index (χ0) is 16.5. The van der Waals surface area contributed by atoms with Crippen LogP contribution in [-0.2, 0) is 0 Å². The zero-order valence-corrected chi connectivity index (χ0v) is 14.4. The normalized spacial score (nSPS) is 42.9. The van der Waals surface area contributed by atoms with E-state index < -0.39 is 6.10 Å². The first-order chi connectivity index (χ1) is 10.3. The molecule has 2 heteroatoms. The monoisotopic (exact) mass is 304 g/mol. The Hall–Kier alpha value is -0.860. The van der Waals surface area contributed by atoms with Crippen molar-refractivity contribution in [2.75, 3.05) is 6.61 Å². The van der Waals surface area contributed by atoms with Gasteiger partial charge in [0.1, 0.15) is 0 Å². The number of allylic oxidation sites excluding steroid dienone is 4. The number of fused-ring (bicyclic) bond motifs is 1. The van der Waals surface area contributed by atoms with Crippen molar-refractivity contribution < 1.29 is 10.2 Å². The second-order valence-corrected chi connectivity index (χ2v) is 7.91. The molecular formula is C20H32O2. The standard InChI is InChI=1S/C20H32O2/c1-6-14(2)7-9-16-15(3)8-10-17-19(16,4)12-11-18(22)20(17,5)13-21/h6-7,16-18,21-22H,1,3,8-13H2,2,4-5H3/b14-7+/t16-,17+,18-,19+,20+/m1/s1. The summed E-state index contributed by atoms with van der Waals surface area (Å²) < 4.78 is 0. The van der Waals surface area contributed by atoms with Gasteiger partial charge in [0.25, 0.3) is 0 Å². The maximum atomic E-state index is 10.5. The van der Waals surface area contributed by atoms with E-state index in [0.29, 0.717) is 11.8 Å². The lowest BCUT2D eigenvalue weighted by Crippen LogP contribution is -2.57. The van der Waals surface area contributed by atoms with Crippen LogP contribution in [0.1, 0.15) is 52.9 Å². The minimum Gasteiger partial charge on any atom is -0.396 e. The third kappa shape index (κ3) is 2.72. The number of hydrogen-bond acceptors (Lipinski definition) is 2. The van der Waals surface area contributed by atoms with Crippen molar-refractivity contribution in [3.05, 3.63) is 36.5 Å². The summed E-state index contributed by atoms with van der Waals surface area (Å²) in [5, 5.41) is 20.5. The van der Waals surface area contributed by atoms with Crippen molar-refractivity contribution in [1.82, 2.24) is 0 Å². The molecule has 2 N–H and O–H groups in total. The molecule has 0 aliphatic heterocycles. The SMILES string of the molecule is C=C/C(C)=C/C[C@@H]1C(=C)CC[C@@H]2[C@](C)(CO)[C@H](O)CC[C@]21C. The van der Waals surface area contributed by atoms with E-state index in [1.807, 2.05) is 6.08 Å². The number of aliphatic hydroxyl groups is 2. The van der Waals surface area contributed by atoms with Gasteiger partial charge in [-0.2, -0.15) is 0 Å². The summed E-state index contributed by atoms with van der Waals surface area (Å²) >= 11 is 0. The predicted molar refractivity (Wildman–Crippen MR) is 92.5 cm³/mol. The summed E-state index contributed by atoms with van der Waals surface area (Å²) in [5.74, 6) is 0.779. The van der Waals surface area contributed by atoms with Crippen LogP contribution in [0.4, 0.5) is 0 Å². The van der Waals surface area contributed by atoms with Gasteiger partial charge in [-0.1, -0.05) is 50.3 Å². The number of aliphatic hydroxyl groups excluding tert-OH is 2. The molecule has 0 unspecified atom stereocenters. The van der Waals surface area contributed by atoms with Crippen molar-refractivity contribution in [1.29, 1.82) is 0 Å². The van der Waals surface area contributed by atoms with Crippen LogP contribution in [0.3, 0.4) is 0 Å². The van der Waals surface area contributed by atoms with Crippen LogP contribution in [0.5, 0.6) is 0 Å². The van der Waals surface area contributed by atoms with Crippen LogP contribution < -0.4 is 0 Å². The van der Waals surface area contributed by atoms with E-state index in [-0.39, 0.29) is 17.4 Å². The second-order valence-electron chi connectivity index (χ2n) is 7.91. The third-order valence-corrected chi connectivity index (χ3v) is 6.69. The summed E-state index contributed by atoms with van der Waals surface area (Å²) in [6, 6.07) is 0.